The van der Waals surface area contributed by atoms with Crippen molar-refractivity contribution in [1.29, 1.82) is 0 Å². The van der Waals surface area contributed by atoms with Crippen LogP contribution in [0.25, 0.3) is 10.2 Å². The Labute approximate surface area is 130 Å². The second-order valence-corrected chi connectivity index (χ2v) is 6.60. The first-order chi connectivity index (χ1) is 9.69. The molecule has 1 aromatic carbocycles. The van der Waals surface area contributed by atoms with Crippen LogP contribution in [0, 0.1) is 0 Å². The number of nitrogens with one attached hydrogen (secondary N) is 1. The van der Waals surface area contributed by atoms with Gasteiger partial charge in [-0.1, -0.05) is 15.9 Å². The number of halogens is 1. The van der Waals surface area contributed by atoms with Crippen LogP contribution in [0.5, 0.6) is 0 Å². The first kappa shape index (κ1) is 15.4. The van der Waals surface area contributed by atoms with Gasteiger partial charge in [0.1, 0.15) is 0 Å². The van der Waals surface area contributed by atoms with E-state index in [9.17, 15) is 4.79 Å². The lowest BCUT2D eigenvalue weighted by Gasteiger charge is -2.03. The largest absolute Gasteiger partial charge is 0.356 e. The molecule has 2 rings (SSSR count). The van der Waals surface area contributed by atoms with Gasteiger partial charge >= 0.3 is 0 Å². The summed E-state index contributed by atoms with van der Waals surface area (Å²) in [5, 5.41) is 3.91. The highest BCUT2D eigenvalue weighted by Gasteiger charge is 2.07. The zero-order chi connectivity index (χ0) is 14.4. The Morgan fingerprint density at radius 1 is 1.40 bits per heavy atom. The maximum absolute atomic E-state index is 11.7. The molecular formula is C14H18BrN3OS. The molecule has 0 aliphatic carbocycles. The topological polar surface area (TPSA) is 68.0 Å². The Hall–Kier alpha value is -0.980. The zero-order valence-electron chi connectivity index (χ0n) is 11.2. The number of unbranched alkanes of at least 4 members (excludes halogenated alkanes) is 1. The smallest absolute Gasteiger partial charge is 0.220 e. The molecule has 0 unspecified atom stereocenters. The Morgan fingerprint density at radius 2 is 2.25 bits per heavy atom. The maximum Gasteiger partial charge on any atom is 0.220 e. The third kappa shape index (κ3) is 4.54. The number of hydrogen-bond acceptors (Lipinski definition) is 4. The van der Waals surface area contributed by atoms with E-state index in [1.807, 2.05) is 18.2 Å². The molecule has 0 saturated carbocycles. The Morgan fingerprint density at radius 3 is 3.05 bits per heavy atom. The highest BCUT2D eigenvalue weighted by Crippen LogP contribution is 2.25. The fourth-order valence-electron chi connectivity index (χ4n) is 1.86. The van der Waals surface area contributed by atoms with Gasteiger partial charge in [0.05, 0.1) is 15.2 Å². The molecule has 1 heterocycles. The molecule has 0 saturated heterocycles. The van der Waals surface area contributed by atoms with Crippen LogP contribution >= 0.6 is 27.3 Å². The van der Waals surface area contributed by atoms with Gasteiger partial charge in [-0.05, 0) is 37.6 Å². The summed E-state index contributed by atoms with van der Waals surface area (Å²) in [4.78, 5) is 16.2. The lowest BCUT2D eigenvalue weighted by molar-refractivity contribution is -0.121. The van der Waals surface area contributed by atoms with E-state index in [0.29, 0.717) is 25.9 Å². The Kier molecular flexibility index (Phi) is 5.94. The number of carbonyl (C=O) groups excluding carboxylic acids is 1. The number of rotatable bonds is 7. The van der Waals surface area contributed by atoms with Gasteiger partial charge in [0.2, 0.25) is 5.91 Å². The highest BCUT2D eigenvalue weighted by molar-refractivity contribution is 9.10. The maximum atomic E-state index is 11.7. The van der Waals surface area contributed by atoms with E-state index in [-0.39, 0.29) is 5.91 Å². The monoisotopic (exact) mass is 355 g/mol. The van der Waals surface area contributed by atoms with Crippen LogP contribution in [0.3, 0.4) is 0 Å². The number of aryl methyl sites for hydroxylation is 1. The lowest BCUT2D eigenvalue weighted by Crippen LogP contribution is -2.25. The molecule has 0 aliphatic rings. The molecule has 0 radical (unpaired) electrons. The third-order valence-electron chi connectivity index (χ3n) is 2.91. The van der Waals surface area contributed by atoms with E-state index in [1.54, 1.807) is 11.3 Å². The Balaban J connectivity index is 1.81. The molecule has 6 heteroatoms. The summed E-state index contributed by atoms with van der Waals surface area (Å²) in [7, 11) is 0. The van der Waals surface area contributed by atoms with Gasteiger partial charge in [-0.3, -0.25) is 4.79 Å². The number of nitrogens with two attached hydrogens (primary N) is 1. The van der Waals surface area contributed by atoms with Crippen LogP contribution in [0.1, 0.15) is 24.3 Å². The van der Waals surface area contributed by atoms with Crippen molar-refractivity contribution < 1.29 is 4.79 Å². The number of fused-ring (bicyclic) bond motifs is 1. The van der Waals surface area contributed by atoms with Crippen LogP contribution in [-0.4, -0.2) is 24.0 Å². The van der Waals surface area contributed by atoms with Gasteiger partial charge in [0.25, 0.3) is 0 Å². The molecule has 20 heavy (non-hydrogen) atoms. The molecular weight excluding hydrogens is 338 g/mol. The van der Waals surface area contributed by atoms with Gasteiger partial charge in [-0.25, -0.2) is 4.98 Å². The fourth-order valence-corrected chi connectivity index (χ4v) is 3.16. The number of amides is 1. The minimum absolute atomic E-state index is 0.0856. The molecule has 3 N–H and O–H groups in total. The van der Waals surface area contributed by atoms with Crippen LogP contribution in [0.4, 0.5) is 0 Å². The SMILES string of the molecule is NCCCCNC(=O)CCc1nc2cc(Br)ccc2s1. The molecule has 2 aromatic rings. The summed E-state index contributed by atoms with van der Waals surface area (Å²) < 4.78 is 2.19. The van der Waals surface area contributed by atoms with Crippen molar-refractivity contribution >= 4 is 43.4 Å². The summed E-state index contributed by atoms with van der Waals surface area (Å²) in [6.07, 6.45) is 3.08. The molecule has 0 fully saturated rings. The number of benzene rings is 1. The molecule has 0 spiro atoms. The van der Waals surface area contributed by atoms with E-state index in [1.165, 1.54) is 0 Å². The number of thiazole rings is 1. The second kappa shape index (κ2) is 7.71. The lowest BCUT2D eigenvalue weighted by atomic mass is 10.2. The molecule has 0 atom stereocenters. The van der Waals surface area contributed by atoms with Crippen molar-refractivity contribution in [3.8, 4) is 0 Å². The normalized spacial score (nSPS) is 10.9. The fraction of sp³-hybridized carbons (Fsp3) is 0.429. The third-order valence-corrected chi connectivity index (χ3v) is 4.50. The standard InChI is InChI=1S/C14H18BrN3OS/c15-10-3-4-12-11(9-10)18-14(20-12)6-5-13(19)17-8-2-1-7-16/h3-4,9H,1-2,5-8,16H2,(H,17,19). The van der Waals surface area contributed by atoms with Crippen LogP contribution in [0.15, 0.2) is 22.7 Å². The van der Waals surface area contributed by atoms with Crippen molar-refractivity contribution in [2.24, 2.45) is 5.73 Å². The first-order valence-electron chi connectivity index (χ1n) is 6.71. The van der Waals surface area contributed by atoms with Crippen LogP contribution < -0.4 is 11.1 Å². The van der Waals surface area contributed by atoms with Gasteiger partial charge in [-0.15, -0.1) is 11.3 Å². The first-order valence-corrected chi connectivity index (χ1v) is 8.32. The van der Waals surface area contributed by atoms with E-state index in [2.05, 4.69) is 26.2 Å². The van der Waals surface area contributed by atoms with Crippen molar-refractivity contribution in [3.63, 3.8) is 0 Å². The second-order valence-electron chi connectivity index (χ2n) is 4.57. The predicted molar refractivity (Wildman–Crippen MR) is 86.9 cm³/mol. The van der Waals surface area contributed by atoms with Crippen molar-refractivity contribution in [2.45, 2.75) is 25.7 Å². The summed E-state index contributed by atoms with van der Waals surface area (Å²) >= 11 is 5.09. The molecule has 108 valence electrons. The van der Waals surface area contributed by atoms with Crippen molar-refractivity contribution in [2.75, 3.05) is 13.1 Å². The number of hydrogen-bond donors (Lipinski definition) is 2. The van der Waals surface area contributed by atoms with Gasteiger partial charge in [0, 0.05) is 23.9 Å². The highest BCUT2D eigenvalue weighted by atomic mass is 79.9. The summed E-state index contributed by atoms with van der Waals surface area (Å²) in [5.74, 6) is 0.0856. The molecule has 1 aromatic heterocycles. The quantitative estimate of drug-likeness (QED) is 0.750. The van der Waals surface area contributed by atoms with E-state index in [4.69, 9.17) is 5.73 Å². The number of carbonyl (C=O) groups is 1. The van der Waals surface area contributed by atoms with E-state index < -0.39 is 0 Å². The summed E-state index contributed by atoms with van der Waals surface area (Å²) in [6, 6.07) is 6.06. The average Bonchev–Trinajstić information content (AvgIpc) is 2.83. The van der Waals surface area contributed by atoms with E-state index >= 15 is 0 Å². The van der Waals surface area contributed by atoms with Gasteiger partial charge < -0.3 is 11.1 Å². The summed E-state index contributed by atoms with van der Waals surface area (Å²) in [5.41, 5.74) is 6.39. The van der Waals surface area contributed by atoms with Crippen molar-refractivity contribution in [1.82, 2.24) is 10.3 Å². The van der Waals surface area contributed by atoms with Crippen LogP contribution in [-0.2, 0) is 11.2 Å². The number of nitrogens with zero attached hydrogens (tertiary/aromatic N) is 1. The average molecular weight is 356 g/mol. The van der Waals surface area contributed by atoms with Gasteiger partial charge in [-0.2, -0.15) is 0 Å². The number of aromatic nitrogens is 1. The van der Waals surface area contributed by atoms with Crippen molar-refractivity contribution in [3.05, 3.63) is 27.7 Å². The minimum Gasteiger partial charge on any atom is -0.356 e. The zero-order valence-corrected chi connectivity index (χ0v) is 13.6. The minimum atomic E-state index is 0.0856. The Bertz CT molecular complexity index is 585. The van der Waals surface area contributed by atoms with Gasteiger partial charge in [0.15, 0.2) is 0 Å². The van der Waals surface area contributed by atoms with E-state index in [0.717, 1.165) is 32.5 Å². The van der Waals surface area contributed by atoms with Crippen LogP contribution in [0.2, 0.25) is 0 Å². The molecule has 0 bridgehead atoms. The predicted octanol–water partition coefficient (Wildman–Crippen LogP) is 2.85. The molecule has 0 aliphatic heterocycles. The molecule has 4 nitrogen and oxygen atoms in total. The molecule has 1 amide bonds. The summed E-state index contributed by atoms with van der Waals surface area (Å²) in [6.45, 7) is 1.39.